The highest BCUT2D eigenvalue weighted by Crippen LogP contribution is 2.26. The Morgan fingerprint density at radius 2 is 1.88 bits per heavy atom. The van der Waals surface area contributed by atoms with Gasteiger partial charge in [0.05, 0.1) is 14.2 Å². The van der Waals surface area contributed by atoms with Crippen LogP contribution in [0.2, 0.25) is 0 Å². The largest absolute Gasteiger partial charge is 0.504 e. The number of hydrogen-bond acceptors (Lipinski definition) is 5. The second-order valence-electron chi connectivity index (χ2n) is 2.95. The Morgan fingerprint density at radius 1 is 1.19 bits per heavy atom. The third-order valence-electron chi connectivity index (χ3n) is 1.90. The minimum absolute atomic E-state index is 0.00703. The number of rotatable bonds is 3. The molecule has 0 saturated carbocycles. The minimum Gasteiger partial charge on any atom is -0.504 e. The summed E-state index contributed by atoms with van der Waals surface area (Å²) in [5, 5.41) is 18.3. The zero-order valence-electron chi connectivity index (χ0n) is 8.93. The summed E-state index contributed by atoms with van der Waals surface area (Å²) in [5.74, 6) is -1.11. The van der Waals surface area contributed by atoms with Gasteiger partial charge in [-0.3, -0.25) is 0 Å². The molecule has 5 heteroatoms. The van der Waals surface area contributed by atoms with Crippen LogP contribution in [0, 0.1) is 0 Å². The van der Waals surface area contributed by atoms with Crippen LogP contribution in [0.5, 0.6) is 11.5 Å². The van der Waals surface area contributed by atoms with Crippen LogP contribution < -0.4 is 0 Å². The quantitative estimate of drug-likeness (QED) is 0.350. The normalized spacial score (nSPS) is 11.0. The Kier molecular flexibility index (Phi) is 3.77. The first-order valence-corrected chi connectivity index (χ1v) is 4.44. The van der Waals surface area contributed by atoms with Gasteiger partial charge < -0.3 is 19.7 Å². The number of ether oxygens (including phenoxy) is 2. The van der Waals surface area contributed by atoms with Gasteiger partial charge in [0.1, 0.15) is 0 Å². The standard InChI is InChI=1S/C11H12O5/c1-15-10(11(14)16-2)6-7-3-4-8(12)9(13)5-7/h3-6,12-13H,1-2H3/b10-6-. The van der Waals surface area contributed by atoms with Gasteiger partial charge in [-0.15, -0.1) is 0 Å². The molecule has 0 fully saturated rings. The lowest BCUT2D eigenvalue weighted by Gasteiger charge is -2.04. The van der Waals surface area contributed by atoms with Crippen LogP contribution in [-0.4, -0.2) is 30.4 Å². The molecular weight excluding hydrogens is 212 g/mol. The number of aromatic hydroxyl groups is 2. The predicted octanol–water partition coefficient (Wildman–Crippen LogP) is 1.26. The molecule has 0 unspecified atom stereocenters. The molecule has 0 bridgehead atoms. The first-order valence-electron chi connectivity index (χ1n) is 4.44. The molecule has 1 rings (SSSR count). The molecule has 0 aliphatic carbocycles. The Morgan fingerprint density at radius 3 is 2.38 bits per heavy atom. The van der Waals surface area contributed by atoms with E-state index in [1.807, 2.05) is 0 Å². The SMILES string of the molecule is COC(=O)/C(=C/c1ccc(O)c(O)c1)OC. The molecule has 16 heavy (non-hydrogen) atoms. The molecule has 0 aliphatic heterocycles. The van der Waals surface area contributed by atoms with Crippen molar-refractivity contribution in [1.29, 1.82) is 0 Å². The van der Waals surface area contributed by atoms with Crippen molar-refractivity contribution in [2.24, 2.45) is 0 Å². The van der Waals surface area contributed by atoms with Crippen molar-refractivity contribution in [2.45, 2.75) is 0 Å². The maximum absolute atomic E-state index is 11.2. The summed E-state index contributed by atoms with van der Waals surface area (Å²) < 4.78 is 9.30. The topological polar surface area (TPSA) is 76.0 Å². The van der Waals surface area contributed by atoms with Gasteiger partial charge in [-0.05, 0) is 23.8 Å². The summed E-state index contributed by atoms with van der Waals surface area (Å²) in [6, 6.07) is 4.14. The van der Waals surface area contributed by atoms with Crippen LogP contribution in [0.15, 0.2) is 24.0 Å². The van der Waals surface area contributed by atoms with Crippen LogP contribution in [-0.2, 0) is 14.3 Å². The predicted molar refractivity (Wildman–Crippen MR) is 56.8 cm³/mol. The molecule has 1 aromatic rings. The molecule has 0 aromatic heterocycles. The number of hydrogen-bond donors (Lipinski definition) is 2. The van der Waals surface area contributed by atoms with E-state index in [0.29, 0.717) is 5.56 Å². The second kappa shape index (κ2) is 5.06. The van der Waals surface area contributed by atoms with Crippen molar-refractivity contribution in [2.75, 3.05) is 14.2 Å². The molecule has 0 aliphatic rings. The van der Waals surface area contributed by atoms with Crippen LogP contribution in [0.3, 0.4) is 0 Å². The van der Waals surface area contributed by atoms with Crippen LogP contribution in [0.1, 0.15) is 5.56 Å². The van der Waals surface area contributed by atoms with Crippen molar-refractivity contribution >= 4 is 12.0 Å². The third kappa shape index (κ3) is 2.66. The molecule has 86 valence electrons. The van der Waals surface area contributed by atoms with E-state index < -0.39 is 5.97 Å². The van der Waals surface area contributed by atoms with Gasteiger partial charge in [-0.1, -0.05) is 6.07 Å². The molecule has 0 amide bonds. The number of benzene rings is 1. The number of methoxy groups -OCH3 is 2. The molecule has 0 heterocycles. The number of carbonyl (C=O) groups is 1. The summed E-state index contributed by atoms with van der Waals surface area (Å²) in [7, 11) is 2.58. The van der Waals surface area contributed by atoms with Crippen molar-refractivity contribution < 1.29 is 24.5 Å². The lowest BCUT2D eigenvalue weighted by molar-refractivity contribution is -0.139. The average molecular weight is 224 g/mol. The van der Waals surface area contributed by atoms with Gasteiger partial charge in [0.25, 0.3) is 0 Å². The highest BCUT2D eigenvalue weighted by Gasteiger charge is 2.09. The summed E-state index contributed by atoms with van der Waals surface area (Å²) in [5.41, 5.74) is 0.512. The van der Waals surface area contributed by atoms with Gasteiger partial charge >= 0.3 is 5.97 Å². The van der Waals surface area contributed by atoms with Crippen molar-refractivity contribution in [3.8, 4) is 11.5 Å². The van der Waals surface area contributed by atoms with E-state index in [4.69, 9.17) is 9.84 Å². The van der Waals surface area contributed by atoms with Gasteiger partial charge in [0.15, 0.2) is 11.5 Å². The van der Waals surface area contributed by atoms with E-state index >= 15 is 0 Å². The van der Waals surface area contributed by atoms with Gasteiger partial charge in [0, 0.05) is 0 Å². The summed E-state index contributed by atoms with van der Waals surface area (Å²) in [6.45, 7) is 0. The molecule has 5 nitrogen and oxygen atoms in total. The molecule has 0 atom stereocenters. The molecule has 2 N–H and O–H groups in total. The van der Waals surface area contributed by atoms with Crippen molar-refractivity contribution in [3.05, 3.63) is 29.5 Å². The van der Waals surface area contributed by atoms with Crippen molar-refractivity contribution in [3.63, 3.8) is 0 Å². The van der Waals surface area contributed by atoms with E-state index in [2.05, 4.69) is 4.74 Å². The fourth-order valence-electron chi connectivity index (χ4n) is 1.08. The summed E-state index contributed by atoms with van der Waals surface area (Å²) in [4.78, 5) is 11.2. The molecular formula is C11H12O5. The Bertz CT molecular complexity index is 422. The smallest absolute Gasteiger partial charge is 0.373 e. The van der Waals surface area contributed by atoms with Crippen molar-refractivity contribution in [1.82, 2.24) is 0 Å². The first-order chi connectivity index (χ1) is 7.58. The molecule has 1 aromatic carbocycles. The monoisotopic (exact) mass is 224 g/mol. The summed E-state index contributed by atoms with van der Waals surface area (Å²) >= 11 is 0. The number of carbonyl (C=O) groups excluding carboxylic acids is 1. The van der Waals surface area contributed by atoms with Gasteiger partial charge in [0.2, 0.25) is 5.76 Å². The van der Waals surface area contributed by atoms with E-state index in [1.54, 1.807) is 0 Å². The first kappa shape index (κ1) is 11.9. The van der Waals surface area contributed by atoms with E-state index in [9.17, 15) is 9.90 Å². The maximum atomic E-state index is 11.2. The second-order valence-corrected chi connectivity index (χ2v) is 2.95. The zero-order chi connectivity index (χ0) is 12.1. The fraction of sp³-hybridized carbons (Fsp3) is 0.182. The zero-order valence-corrected chi connectivity index (χ0v) is 8.93. The van der Waals surface area contributed by atoms with Gasteiger partial charge in [-0.25, -0.2) is 4.79 Å². The van der Waals surface area contributed by atoms with Gasteiger partial charge in [-0.2, -0.15) is 0 Å². The highest BCUT2D eigenvalue weighted by molar-refractivity contribution is 5.91. The number of esters is 1. The Balaban J connectivity index is 3.04. The minimum atomic E-state index is -0.616. The lowest BCUT2D eigenvalue weighted by Crippen LogP contribution is -2.06. The molecule has 0 saturated heterocycles. The van der Waals surface area contributed by atoms with Crippen LogP contribution in [0.4, 0.5) is 0 Å². The van der Waals surface area contributed by atoms with E-state index in [1.165, 1.54) is 38.5 Å². The number of phenolic OH excluding ortho intramolecular Hbond substituents is 2. The fourth-order valence-corrected chi connectivity index (χ4v) is 1.08. The Labute approximate surface area is 92.5 Å². The van der Waals surface area contributed by atoms with E-state index in [-0.39, 0.29) is 17.3 Å². The molecule has 0 radical (unpaired) electrons. The third-order valence-corrected chi connectivity index (χ3v) is 1.90. The summed E-state index contributed by atoms with van der Waals surface area (Å²) in [6.07, 6.45) is 1.39. The average Bonchev–Trinajstić information content (AvgIpc) is 2.29. The maximum Gasteiger partial charge on any atom is 0.373 e. The van der Waals surface area contributed by atoms with E-state index in [0.717, 1.165) is 0 Å². The highest BCUT2D eigenvalue weighted by atomic mass is 16.6. The Hall–Kier alpha value is -2.17. The molecule has 0 spiro atoms. The van der Waals surface area contributed by atoms with Crippen LogP contribution >= 0.6 is 0 Å². The lowest BCUT2D eigenvalue weighted by atomic mass is 10.2. The number of phenols is 2. The van der Waals surface area contributed by atoms with Crippen LogP contribution in [0.25, 0.3) is 6.08 Å².